The van der Waals surface area contributed by atoms with Gasteiger partial charge in [0.15, 0.2) is 0 Å². The van der Waals surface area contributed by atoms with Gasteiger partial charge in [0, 0.05) is 47.6 Å². The van der Waals surface area contributed by atoms with Gasteiger partial charge in [-0.25, -0.2) is 4.89 Å². The number of amides is 1. The number of nitrogens with one attached hydrogen (secondary N) is 2. The van der Waals surface area contributed by atoms with Crippen LogP contribution in [-0.4, -0.2) is 69.5 Å². The lowest BCUT2D eigenvalue weighted by atomic mass is 9.75. The van der Waals surface area contributed by atoms with Gasteiger partial charge < -0.3 is 15.3 Å². The molecule has 1 amide bonds. The molecule has 4 aliphatic rings. The maximum atomic E-state index is 13.0. The highest BCUT2D eigenvalue weighted by molar-refractivity contribution is 5.85. The molecule has 4 aliphatic carbocycles. The molecule has 14 nitrogen and oxygen atoms in total. The van der Waals surface area contributed by atoms with Crippen LogP contribution in [-0.2, 0) is 19.3 Å². The Labute approximate surface area is 251 Å². The first kappa shape index (κ1) is 33.5. The van der Waals surface area contributed by atoms with Crippen molar-refractivity contribution in [3.63, 3.8) is 0 Å². The molecule has 0 aromatic carbocycles. The van der Waals surface area contributed by atoms with Crippen LogP contribution in [0.5, 0.6) is 0 Å². The van der Waals surface area contributed by atoms with Crippen LogP contribution in [0.4, 0.5) is 0 Å². The first-order valence-corrected chi connectivity index (χ1v) is 16.1. The number of carboxylic acids is 1. The SMILES string of the molecule is O=C(O)C1CCC([N+](=O)[O-])CC1C(=O)NC1CCC(CC2CCC(NOCC3CC([N+](=O)[O-])CCC3COO)CC2)CC1. The molecule has 4 rings (SSSR count). The second kappa shape index (κ2) is 16.1. The molecule has 0 aromatic heterocycles. The molecule has 6 atom stereocenters. The second-order valence-electron chi connectivity index (χ2n) is 13.5. The quantitative estimate of drug-likeness (QED) is 0.134. The number of hydroxylamine groups is 1. The van der Waals surface area contributed by atoms with E-state index in [0.717, 1.165) is 57.8 Å². The van der Waals surface area contributed by atoms with Crippen molar-refractivity contribution in [3.8, 4) is 0 Å². The standard InChI is InChI=1S/C29H48N4O10/c34-28(27-15-25(33(39)40)11-12-26(27)29(35)36)30-22-6-1-18(2-7-22)13-19-3-8-23(9-4-19)31-42-16-21-14-24(32(37)38)10-5-20(21)17-43-41/h18-27,31,41H,1-17H2,(H,30,34)(H,35,36). The normalized spacial score (nSPS) is 36.9. The van der Waals surface area contributed by atoms with Crippen LogP contribution in [0, 0.1) is 55.7 Å². The van der Waals surface area contributed by atoms with E-state index >= 15 is 0 Å². The Morgan fingerprint density at radius 2 is 1.30 bits per heavy atom. The van der Waals surface area contributed by atoms with E-state index in [0.29, 0.717) is 37.7 Å². The van der Waals surface area contributed by atoms with Crippen LogP contribution < -0.4 is 10.8 Å². The number of hydrogen-bond acceptors (Lipinski definition) is 10. The van der Waals surface area contributed by atoms with Crippen LogP contribution in [0.2, 0.25) is 0 Å². The maximum absolute atomic E-state index is 13.0. The fourth-order valence-corrected chi connectivity index (χ4v) is 8.05. The lowest BCUT2D eigenvalue weighted by Gasteiger charge is -2.36. The van der Waals surface area contributed by atoms with Gasteiger partial charge in [-0.1, -0.05) is 0 Å². The zero-order chi connectivity index (χ0) is 30.9. The summed E-state index contributed by atoms with van der Waals surface area (Å²) in [5, 5.41) is 44.0. The zero-order valence-corrected chi connectivity index (χ0v) is 24.8. The highest BCUT2D eigenvalue weighted by Crippen LogP contribution is 2.37. The average Bonchev–Trinajstić information content (AvgIpc) is 2.99. The van der Waals surface area contributed by atoms with Gasteiger partial charge in [-0.05, 0) is 94.3 Å². The van der Waals surface area contributed by atoms with E-state index in [4.69, 9.17) is 10.1 Å². The molecule has 4 fully saturated rings. The molecular weight excluding hydrogens is 564 g/mol. The topological polar surface area (TPSA) is 203 Å². The minimum atomic E-state index is -1.06. The number of nitrogens with zero attached hydrogens (tertiary/aromatic N) is 2. The van der Waals surface area contributed by atoms with Crippen molar-refractivity contribution in [1.82, 2.24) is 10.8 Å². The van der Waals surface area contributed by atoms with Crippen molar-refractivity contribution in [1.29, 1.82) is 0 Å². The number of carbonyl (C=O) groups excluding carboxylic acids is 1. The molecule has 0 radical (unpaired) electrons. The number of carbonyl (C=O) groups is 2. The van der Waals surface area contributed by atoms with Gasteiger partial charge in [-0.3, -0.25) is 35.1 Å². The summed E-state index contributed by atoms with van der Waals surface area (Å²) in [4.78, 5) is 56.7. The van der Waals surface area contributed by atoms with Gasteiger partial charge in [-0.2, -0.15) is 5.48 Å². The molecule has 0 heterocycles. The summed E-state index contributed by atoms with van der Waals surface area (Å²) >= 11 is 0. The highest BCUT2D eigenvalue weighted by Gasteiger charge is 2.44. The van der Waals surface area contributed by atoms with Crippen LogP contribution in [0.25, 0.3) is 0 Å². The van der Waals surface area contributed by atoms with Gasteiger partial charge >= 0.3 is 5.97 Å². The molecule has 43 heavy (non-hydrogen) atoms. The third-order valence-electron chi connectivity index (χ3n) is 10.7. The molecule has 4 N–H and O–H groups in total. The van der Waals surface area contributed by atoms with Gasteiger partial charge in [0.25, 0.3) is 0 Å². The summed E-state index contributed by atoms with van der Waals surface area (Å²) in [6.07, 6.45) is 10.9. The van der Waals surface area contributed by atoms with E-state index in [-0.39, 0.29) is 60.6 Å². The molecule has 244 valence electrons. The summed E-state index contributed by atoms with van der Waals surface area (Å²) in [6.45, 7) is 0.514. The fourth-order valence-electron chi connectivity index (χ4n) is 8.05. The molecule has 0 spiro atoms. The minimum Gasteiger partial charge on any atom is -0.481 e. The Balaban J connectivity index is 1.12. The lowest BCUT2D eigenvalue weighted by Crippen LogP contribution is -2.48. The summed E-state index contributed by atoms with van der Waals surface area (Å²) < 4.78 is 0. The number of aliphatic carboxylic acids is 1. The number of carboxylic acid groups (broad SMARTS) is 1. The minimum absolute atomic E-state index is 0.0143. The number of rotatable bonds is 13. The molecule has 14 heteroatoms. The first-order chi connectivity index (χ1) is 20.6. The van der Waals surface area contributed by atoms with Gasteiger partial charge in [0.2, 0.25) is 18.0 Å². The summed E-state index contributed by atoms with van der Waals surface area (Å²) in [6, 6.07) is -1.21. The van der Waals surface area contributed by atoms with Crippen LogP contribution >= 0.6 is 0 Å². The van der Waals surface area contributed by atoms with Crippen molar-refractivity contribution in [2.45, 2.75) is 120 Å². The predicted molar refractivity (Wildman–Crippen MR) is 153 cm³/mol. The van der Waals surface area contributed by atoms with Crippen molar-refractivity contribution >= 4 is 11.9 Å². The predicted octanol–water partition coefficient (Wildman–Crippen LogP) is 3.83. The Morgan fingerprint density at radius 1 is 0.721 bits per heavy atom. The van der Waals surface area contributed by atoms with E-state index in [2.05, 4.69) is 15.7 Å². The van der Waals surface area contributed by atoms with Crippen molar-refractivity contribution in [2.75, 3.05) is 13.2 Å². The molecule has 4 saturated carbocycles. The fraction of sp³-hybridized carbons (Fsp3) is 0.931. The molecular formula is C29H48N4O10. The van der Waals surface area contributed by atoms with Gasteiger partial charge in [0.1, 0.15) is 0 Å². The Morgan fingerprint density at radius 3 is 1.88 bits per heavy atom. The third kappa shape index (κ3) is 9.53. The molecule has 0 aliphatic heterocycles. The van der Waals surface area contributed by atoms with Gasteiger partial charge in [0.05, 0.1) is 25.0 Å². The maximum Gasteiger partial charge on any atom is 0.307 e. The second-order valence-corrected chi connectivity index (χ2v) is 13.5. The number of nitro groups is 2. The largest absolute Gasteiger partial charge is 0.481 e. The smallest absolute Gasteiger partial charge is 0.307 e. The van der Waals surface area contributed by atoms with Crippen LogP contribution in [0.1, 0.15) is 96.3 Å². The molecule has 0 saturated heterocycles. The van der Waals surface area contributed by atoms with E-state index in [1.54, 1.807) is 0 Å². The van der Waals surface area contributed by atoms with E-state index < -0.39 is 34.8 Å². The third-order valence-corrected chi connectivity index (χ3v) is 10.7. The van der Waals surface area contributed by atoms with E-state index in [9.17, 15) is 34.9 Å². The first-order valence-electron chi connectivity index (χ1n) is 16.1. The van der Waals surface area contributed by atoms with Crippen molar-refractivity contribution in [3.05, 3.63) is 20.2 Å². The van der Waals surface area contributed by atoms with Crippen molar-refractivity contribution in [2.24, 2.45) is 35.5 Å². The van der Waals surface area contributed by atoms with Gasteiger partial charge in [-0.15, -0.1) is 0 Å². The van der Waals surface area contributed by atoms with E-state index in [1.165, 1.54) is 0 Å². The lowest BCUT2D eigenvalue weighted by molar-refractivity contribution is -0.529. The van der Waals surface area contributed by atoms with Crippen molar-refractivity contribution < 1.29 is 39.5 Å². The van der Waals surface area contributed by atoms with Crippen LogP contribution in [0.15, 0.2) is 0 Å². The number of hydrogen-bond donors (Lipinski definition) is 4. The Bertz CT molecular complexity index is 954. The molecule has 6 unspecified atom stereocenters. The summed E-state index contributed by atoms with van der Waals surface area (Å²) in [7, 11) is 0. The molecule has 0 bridgehead atoms. The highest BCUT2D eigenvalue weighted by atomic mass is 17.1. The Kier molecular flexibility index (Phi) is 12.5. The zero-order valence-electron chi connectivity index (χ0n) is 24.8. The Hall–Kier alpha value is -2.42. The monoisotopic (exact) mass is 612 g/mol. The summed E-state index contributed by atoms with van der Waals surface area (Å²) in [5.41, 5.74) is 3.18. The van der Waals surface area contributed by atoms with Crippen LogP contribution in [0.3, 0.4) is 0 Å². The summed E-state index contributed by atoms with van der Waals surface area (Å²) in [5.74, 6) is -1.91. The molecule has 0 aromatic rings. The average molecular weight is 613 g/mol. The van der Waals surface area contributed by atoms with E-state index in [1.807, 2.05) is 0 Å².